The maximum absolute atomic E-state index is 9.00. The summed E-state index contributed by atoms with van der Waals surface area (Å²) in [6.07, 6.45) is 4.48. The summed E-state index contributed by atoms with van der Waals surface area (Å²) in [6.45, 7) is 5.00. The van der Waals surface area contributed by atoms with Gasteiger partial charge >= 0.3 is 0 Å². The lowest BCUT2D eigenvalue weighted by atomic mass is 10.1. The van der Waals surface area contributed by atoms with Gasteiger partial charge in [0.1, 0.15) is 0 Å². The van der Waals surface area contributed by atoms with Crippen LogP contribution in [0.5, 0.6) is 11.5 Å². The van der Waals surface area contributed by atoms with Crippen LogP contribution in [0.25, 0.3) is 0 Å². The highest BCUT2D eigenvalue weighted by Gasteiger charge is 2.24. The van der Waals surface area contributed by atoms with Gasteiger partial charge in [-0.2, -0.15) is 0 Å². The van der Waals surface area contributed by atoms with Gasteiger partial charge in [0, 0.05) is 19.2 Å². The van der Waals surface area contributed by atoms with Crippen molar-refractivity contribution >= 4 is 0 Å². The lowest BCUT2D eigenvalue weighted by molar-refractivity contribution is 0.210. The number of methoxy groups -OCH3 is 1. The average Bonchev–Trinajstić information content (AvgIpc) is 2.94. The van der Waals surface area contributed by atoms with E-state index in [1.54, 1.807) is 7.11 Å². The normalized spacial score (nSPS) is 18.9. The third kappa shape index (κ3) is 4.35. The van der Waals surface area contributed by atoms with Crippen molar-refractivity contribution in [3.05, 3.63) is 23.8 Å². The Hall–Kier alpha value is -1.26. The molecule has 1 unspecified atom stereocenters. The van der Waals surface area contributed by atoms with Crippen molar-refractivity contribution in [3.8, 4) is 11.5 Å². The highest BCUT2D eigenvalue weighted by Crippen LogP contribution is 2.30. The van der Waals surface area contributed by atoms with Crippen LogP contribution in [0.3, 0.4) is 0 Å². The minimum Gasteiger partial charge on any atom is -0.493 e. The van der Waals surface area contributed by atoms with Crippen molar-refractivity contribution in [2.24, 2.45) is 0 Å². The largest absolute Gasteiger partial charge is 0.493 e. The predicted octanol–water partition coefficient (Wildman–Crippen LogP) is 2.83. The van der Waals surface area contributed by atoms with Gasteiger partial charge in [0.2, 0.25) is 0 Å². The lowest BCUT2D eigenvalue weighted by Crippen LogP contribution is -2.29. The van der Waals surface area contributed by atoms with Crippen LogP contribution in [0.4, 0.5) is 0 Å². The van der Waals surface area contributed by atoms with E-state index in [2.05, 4.69) is 17.0 Å². The molecule has 0 spiro atoms. The molecular weight excluding hydrogens is 266 g/mol. The Morgan fingerprint density at radius 3 is 2.90 bits per heavy atom. The minimum atomic E-state index is 0.293. The average molecular weight is 293 g/mol. The van der Waals surface area contributed by atoms with Crippen molar-refractivity contribution in [1.82, 2.24) is 4.90 Å². The Morgan fingerprint density at radius 1 is 1.33 bits per heavy atom. The standard InChI is InChI=1S/C17H27NO3/c1-3-21-16-9-8-14(12-17(16)20-2)13-18-10-4-6-15(18)7-5-11-19/h8-9,12,15,19H,3-7,10-11,13H2,1-2H3. The quantitative estimate of drug-likeness (QED) is 0.800. The van der Waals surface area contributed by atoms with Gasteiger partial charge in [0.25, 0.3) is 0 Å². The molecule has 2 rings (SSSR count). The van der Waals surface area contributed by atoms with Crippen LogP contribution in [-0.2, 0) is 6.54 Å². The number of hydrogen-bond donors (Lipinski definition) is 1. The van der Waals surface area contributed by atoms with Gasteiger partial charge in [-0.05, 0) is 56.8 Å². The fourth-order valence-electron chi connectivity index (χ4n) is 3.08. The summed E-state index contributed by atoms with van der Waals surface area (Å²) >= 11 is 0. The van der Waals surface area contributed by atoms with Gasteiger partial charge in [0.15, 0.2) is 11.5 Å². The predicted molar refractivity (Wildman–Crippen MR) is 83.9 cm³/mol. The highest BCUT2D eigenvalue weighted by atomic mass is 16.5. The summed E-state index contributed by atoms with van der Waals surface area (Å²) in [6, 6.07) is 6.80. The van der Waals surface area contributed by atoms with E-state index in [9.17, 15) is 0 Å². The first-order valence-corrected chi connectivity index (χ1v) is 7.93. The monoisotopic (exact) mass is 293 g/mol. The van der Waals surface area contributed by atoms with Gasteiger partial charge in [-0.1, -0.05) is 6.07 Å². The molecule has 0 saturated carbocycles. The third-order valence-electron chi connectivity index (χ3n) is 4.11. The molecule has 1 N–H and O–H groups in total. The first-order valence-electron chi connectivity index (χ1n) is 7.93. The second-order valence-corrected chi connectivity index (χ2v) is 5.55. The van der Waals surface area contributed by atoms with Crippen LogP contribution in [0.15, 0.2) is 18.2 Å². The number of nitrogens with zero attached hydrogens (tertiary/aromatic N) is 1. The molecule has 0 bridgehead atoms. The molecule has 118 valence electrons. The summed E-state index contributed by atoms with van der Waals surface area (Å²) in [5.41, 5.74) is 1.26. The van der Waals surface area contributed by atoms with E-state index in [-0.39, 0.29) is 0 Å². The van der Waals surface area contributed by atoms with E-state index < -0.39 is 0 Å². The Kier molecular flexibility index (Phi) is 6.33. The molecule has 0 amide bonds. The van der Waals surface area contributed by atoms with Gasteiger partial charge < -0.3 is 14.6 Å². The Bertz CT molecular complexity index is 436. The van der Waals surface area contributed by atoms with E-state index in [1.165, 1.54) is 18.4 Å². The van der Waals surface area contributed by atoms with E-state index in [0.29, 0.717) is 19.3 Å². The molecule has 1 heterocycles. The zero-order chi connectivity index (χ0) is 15.1. The second kappa shape index (κ2) is 8.25. The van der Waals surface area contributed by atoms with Crippen LogP contribution in [0, 0.1) is 0 Å². The number of likely N-dealkylation sites (tertiary alicyclic amines) is 1. The minimum absolute atomic E-state index is 0.293. The number of aliphatic hydroxyl groups excluding tert-OH is 1. The molecule has 1 aromatic rings. The van der Waals surface area contributed by atoms with Gasteiger partial charge in [-0.3, -0.25) is 4.90 Å². The molecule has 1 aromatic carbocycles. The zero-order valence-electron chi connectivity index (χ0n) is 13.2. The van der Waals surface area contributed by atoms with Crippen molar-refractivity contribution in [3.63, 3.8) is 0 Å². The maximum atomic E-state index is 9.00. The molecule has 0 aromatic heterocycles. The van der Waals surface area contributed by atoms with Crippen molar-refractivity contribution in [1.29, 1.82) is 0 Å². The number of rotatable bonds is 8. The molecule has 1 aliphatic heterocycles. The zero-order valence-corrected chi connectivity index (χ0v) is 13.2. The topological polar surface area (TPSA) is 41.9 Å². The SMILES string of the molecule is CCOc1ccc(CN2CCCC2CCCO)cc1OC. The lowest BCUT2D eigenvalue weighted by Gasteiger charge is -2.24. The van der Waals surface area contributed by atoms with Crippen LogP contribution < -0.4 is 9.47 Å². The molecular formula is C17H27NO3. The first-order chi connectivity index (χ1) is 10.3. The molecule has 1 saturated heterocycles. The van der Waals surface area contributed by atoms with E-state index in [4.69, 9.17) is 14.6 Å². The van der Waals surface area contributed by atoms with Crippen molar-refractivity contribution < 1.29 is 14.6 Å². The number of benzene rings is 1. The molecule has 21 heavy (non-hydrogen) atoms. The van der Waals surface area contributed by atoms with Crippen LogP contribution in [0.1, 0.15) is 38.2 Å². The van der Waals surface area contributed by atoms with Gasteiger partial charge in [-0.15, -0.1) is 0 Å². The van der Waals surface area contributed by atoms with Gasteiger partial charge in [0.05, 0.1) is 13.7 Å². The highest BCUT2D eigenvalue weighted by molar-refractivity contribution is 5.43. The third-order valence-corrected chi connectivity index (χ3v) is 4.11. The summed E-state index contributed by atoms with van der Waals surface area (Å²) in [7, 11) is 1.68. The van der Waals surface area contributed by atoms with Crippen molar-refractivity contribution in [2.45, 2.75) is 45.2 Å². The van der Waals surface area contributed by atoms with E-state index >= 15 is 0 Å². The van der Waals surface area contributed by atoms with E-state index in [0.717, 1.165) is 37.4 Å². The second-order valence-electron chi connectivity index (χ2n) is 5.55. The number of hydrogen-bond acceptors (Lipinski definition) is 4. The number of ether oxygens (including phenoxy) is 2. The fourth-order valence-corrected chi connectivity index (χ4v) is 3.08. The molecule has 1 aliphatic rings. The van der Waals surface area contributed by atoms with Crippen LogP contribution >= 0.6 is 0 Å². The molecule has 0 aliphatic carbocycles. The van der Waals surface area contributed by atoms with Crippen LogP contribution in [0.2, 0.25) is 0 Å². The Morgan fingerprint density at radius 2 is 2.19 bits per heavy atom. The summed E-state index contributed by atoms with van der Waals surface area (Å²) in [5, 5.41) is 9.00. The number of aliphatic hydroxyl groups is 1. The maximum Gasteiger partial charge on any atom is 0.161 e. The molecule has 4 heteroatoms. The smallest absolute Gasteiger partial charge is 0.161 e. The summed E-state index contributed by atoms with van der Waals surface area (Å²) in [4.78, 5) is 2.52. The Labute approximate surface area is 127 Å². The molecule has 1 atom stereocenters. The van der Waals surface area contributed by atoms with Crippen molar-refractivity contribution in [2.75, 3.05) is 26.9 Å². The van der Waals surface area contributed by atoms with E-state index in [1.807, 2.05) is 13.0 Å². The van der Waals surface area contributed by atoms with Gasteiger partial charge in [-0.25, -0.2) is 0 Å². The summed E-state index contributed by atoms with van der Waals surface area (Å²) < 4.78 is 11.0. The Balaban J connectivity index is 2.01. The molecule has 1 fully saturated rings. The summed E-state index contributed by atoms with van der Waals surface area (Å²) in [5.74, 6) is 1.61. The first kappa shape index (κ1) is 16.1. The fraction of sp³-hybridized carbons (Fsp3) is 0.647. The molecule has 4 nitrogen and oxygen atoms in total. The van der Waals surface area contributed by atoms with Crippen LogP contribution in [-0.4, -0.2) is 42.9 Å². The molecule has 0 radical (unpaired) electrons.